The van der Waals surface area contributed by atoms with Gasteiger partial charge in [0.25, 0.3) is 0 Å². The van der Waals surface area contributed by atoms with Gasteiger partial charge in [-0.15, -0.1) is 0 Å². The SMILES string of the molecule is CC1(C)OB(c2ccc3c(ccn3-c3cccc4ccccc34)c2)OC1(C)C. The Morgan fingerprint density at radius 2 is 1.46 bits per heavy atom. The topological polar surface area (TPSA) is 23.4 Å². The molecule has 1 aliphatic heterocycles. The predicted molar refractivity (Wildman–Crippen MR) is 116 cm³/mol. The quantitative estimate of drug-likeness (QED) is 0.460. The fraction of sp³-hybridized carbons (Fsp3) is 0.250. The molecule has 0 unspecified atom stereocenters. The predicted octanol–water partition coefficient (Wildman–Crippen LogP) is 5.08. The van der Waals surface area contributed by atoms with Crippen molar-refractivity contribution in [3.05, 3.63) is 72.9 Å². The molecule has 2 heterocycles. The molecule has 0 aliphatic carbocycles. The Kier molecular flexibility index (Phi) is 3.74. The van der Waals surface area contributed by atoms with Crippen molar-refractivity contribution in [1.29, 1.82) is 0 Å². The second-order valence-electron chi connectivity index (χ2n) is 8.59. The third-order valence-corrected chi connectivity index (χ3v) is 6.27. The lowest BCUT2D eigenvalue weighted by molar-refractivity contribution is 0.00578. The fourth-order valence-corrected chi connectivity index (χ4v) is 3.92. The van der Waals surface area contributed by atoms with E-state index in [9.17, 15) is 0 Å². The van der Waals surface area contributed by atoms with Crippen molar-refractivity contribution in [2.45, 2.75) is 38.9 Å². The minimum Gasteiger partial charge on any atom is -0.399 e. The minimum atomic E-state index is -0.338. The van der Waals surface area contributed by atoms with Crippen LogP contribution in [0.3, 0.4) is 0 Å². The minimum absolute atomic E-state index is 0.332. The maximum atomic E-state index is 6.22. The van der Waals surface area contributed by atoms with Gasteiger partial charge in [-0.2, -0.15) is 0 Å². The maximum Gasteiger partial charge on any atom is 0.494 e. The number of hydrogen-bond donors (Lipinski definition) is 0. The van der Waals surface area contributed by atoms with E-state index >= 15 is 0 Å². The van der Waals surface area contributed by atoms with Crippen molar-refractivity contribution in [2.24, 2.45) is 0 Å². The molecule has 0 N–H and O–H groups in total. The van der Waals surface area contributed by atoms with E-state index in [0.29, 0.717) is 0 Å². The molecular formula is C24H24BNO2. The normalized spacial score (nSPS) is 18.2. The number of fused-ring (bicyclic) bond motifs is 2. The summed E-state index contributed by atoms with van der Waals surface area (Å²) in [7, 11) is -0.338. The Bertz CT molecular complexity index is 1170. The van der Waals surface area contributed by atoms with Crippen molar-refractivity contribution < 1.29 is 9.31 Å². The smallest absolute Gasteiger partial charge is 0.399 e. The Labute approximate surface area is 166 Å². The van der Waals surface area contributed by atoms with Crippen LogP contribution in [-0.4, -0.2) is 22.9 Å². The zero-order chi connectivity index (χ0) is 19.5. The molecule has 140 valence electrons. The van der Waals surface area contributed by atoms with E-state index in [1.54, 1.807) is 0 Å². The number of rotatable bonds is 2. The molecule has 0 bridgehead atoms. The zero-order valence-electron chi connectivity index (χ0n) is 16.8. The molecule has 0 atom stereocenters. The standard InChI is InChI=1S/C24H24BNO2/c1-23(2)24(3,4)28-25(27-23)19-12-13-21-18(16-19)14-15-26(21)22-11-7-9-17-8-5-6-10-20(17)22/h5-16H,1-4H3. The number of hydrogen-bond acceptors (Lipinski definition) is 2. The van der Waals surface area contributed by atoms with E-state index in [1.165, 1.54) is 27.4 Å². The van der Waals surface area contributed by atoms with Crippen LogP contribution in [0.2, 0.25) is 0 Å². The number of nitrogens with zero attached hydrogens (tertiary/aromatic N) is 1. The van der Waals surface area contributed by atoms with Gasteiger partial charge in [0, 0.05) is 11.6 Å². The second kappa shape index (κ2) is 5.97. The highest BCUT2D eigenvalue weighted by Crippen LogP contribution is 2.36. The van der Waals surface area contributed by atoms with Crippen LogP contribution < -0.4 is 5.46 Å². The van der Waals surface area contributed by atoms with Crippen LogP contribution in [0.5, 0.6) is 0 Å². The summed E-state index contributed by atoms with van der Waals surface area (Å²) in [6.45, 7) is 8.34. The van der Waals surface area contributed by atoms with Gasteiger partial charge < -0.3 is 13.9 Å². The van der Waals surface area contributed by atoms with E-state index < -0.39 is 0 Å². The van der Waals surface area contributed by atoms with E-state index in [-0.39, 0.29) is 18.3 Å². The monoisotopic (exact) mass is 369 g/mol. The molecule has 3 nitrogen and oxygen atoms in total. The summed E-state index contributed by atoms with van der Waals surface area (Å²) in [6, 6.07) is 23.6. The van der Waals surface area contributed by atoms with Gasteiger partial charge in [-0.25, -0.2) is 0 Å². The molecule has 0 radical (unpaired) electrons. The molecular weight excluding hydrogens is 345 g/mol. The molecule has 5 rings (SSSR count). The largest absolute Gasteiger partial charge is 0.494 e. The lowest BCUT2D eigenvalue weighted by atomic mass is 9.78. The second-order valence-corrected chi connectivity index (χ2v) is 8.59. The molecule has 28 heavy (non-hydrogen) atoms. The third kappa shape index (κ3) is 2.60. The highest BCUT2D eigenvalue weighted by molar-refractivity contribution is 6.62. The van der Waals surface area contributed by atoms with Crippen LogP contribution in [0.4, 0.5) is 0 Å². The zero-order valence-corrected chi connectivity index (χ0v) is 16.8. The highest BCUT2D eigenvalue weighted by atomic mass is 16.7. The Morgan fingerprint density at radius 3 is 2.25 bits per heavy atom. The van der Waals surface area contributed by atoms with Crippen molar-refractivity contribution in [3.63, 3.8) is 0 Å². The molecule has 3 aromatic carbocycles. The summed E-state index contributed by atoms with van der Waals surface area (Å²) in [6.07, 6.45) is 2.14. The van der Waals surface area contributed by atoms with Gasteiger partial charge >= 0.3 is 7.12 Å². The molecule has 0 spiro atoms. The van der Waals surface area contributed by atoms with E-state index in [1.807, 2.05) is 0 Å². The summed E-state index contributed by atoms with van der Waals surface area (Å²) in [5.74, 6) is 0. The maximum absolute atomic E-state index is 6.22. The van der Waals surface area contributed by atoms with Crippen molar-refractivity contribution in [2.75, 3.05) is 0 Å². The fourth-order valence-electron chi connectivity index (χ4n) is 3.92. The van der Waals surface area contributed by atoms with Crippen molar-refractivity contribution >= 4 is 34.3 Å². The van der Waals surface area contributed by atoms with Gasteiger partial charge in [0.05, 0.1) is 22.4 Å². The first-order chi connectivity index (χ1) is 13.4. The lowest BCUT2D eigenvalue weighted by Gasteiger charge is -2.32. The van der Waals surface area contributed by atoms with Gasteiger partial charge in [0.15, 0.2) is 0 Å². The first kappa shape index (κ1) is 17.5. The molecule has 1 aromatic heterocycles. The molecule has 1 aliphatic rings. The Morgan fingerprint density at radius 1 is 0.750 bits per heavy atom. The summed E-state index contributed by atoms with van der Waals surface area (Å²) in [4.78, 5) is 0. The number of aromatic nitrogens is 1. The third-order valence-electron chi connectivity index (χ3n) is 6.27. The van der Waals surface area contributed by atoms with Gasteiger partial charge in [-0.1, -0.05) is 48.5 Å². The van der Waals surface area contributed by atoms with Crippen LogP contribution in [-0.2, 0) is 9.31 Å². The van der Waals surface area contributed by atoms with E-state index in [2.05, 4.69) is 105 Å². The molecule has 0 saturated carbocycles. The van der Waals surface area contributed by atoms with Crippen LogP contribution in [0.15, 0.2) is 72.9 Å². The lowest BCUT2D eigenvalue weighted by Crippen LogP contribution is -2.41. The van der Waals surface area contributed by atoms with Crippen LogP contribution in [0.25, 0.3) is 27.4 Å². The van der Waals surface area contributed by atoms with Gasteiger partial charge in [0.1, 0.15) is 0 Å². The van der Waals surface area contributed by atoms with Crippen LogP contribution in [0, 0.1) is 0 Å². The van der Waals surface area contributed by atoms with E-state index in [4.69, 9.17) is 9.31 Å². The number of benzene rings is 3. The first-order valence-electron chi connectivity index (χ1n) is 9.81. The van der Waals surface area contributed by atoms with Crippen LogP contribution in [0.1, 0.15) is 27.7 Å². The summed E-state index contributed by atoms with van der Waals surface area (Å²) >= 11 is 0. The first-order valence-corrected chi connectivity index (χ1v) is 9.81. The molecule has 0 amide bonds. The Balaban J connectivity index is 1.58. The molecule has 1 fully saturated rings. The van der Waals surface area contributed by atoms with Gasteiger partial charge in [-0.05, 0) is 62.1 Å². The van der Waals surface area contributed by atoms with Crippen molar-refractivity contribution in [1.82, 2.24) is 4.57 Å². The highest BCUT2D eigenvalue weighted by Gasteiger charge is 2.51. The molecule has 1 saturated heterocycles. The average Bonchev–Trinajstić information content (AvgIpc) is 3.18. The summed E-state index contributed by atoms with van der Waals surface area (Å²) in [5.41, 5.74) is 2.76. The van der Waals surface area contributed by atoms with Crippen LogP contribution >= 0.6 is 0 Å². The van der Waals surface area contributed by atoms with Gasteiger partial charge in [-0.3, -0.25) is 0 Å². The van der Waals surface area contributed by atoms with Gasteiger partial charge in [0.2, 0.25) is 0 Å². The van der Waals surface area contributed by atoms with Crippen molar-refractivity contribution in [3.8, 4) is 5.69 Å². The Hall–Kier alpha value is -2.56. The summed E-state index contributed by atoms with van der Waals surface area (Å²) in [5, 5.41) is 3.67. The summed E-state index contributed by atoms with van der Waals surface area (Å²) < 4.78 is 14.7. The molecule has 4 aromatic rings. The average molecular weight is 369 g/mol. The molecule has 4 heteroatoms. The van der Waals surface area contributed by atoms with E-state index in [0.717, 1.165) is 5.46 Å².